The lowest BCUT2D eigenvalue weighted by molar-refractivity contribution is -0.127. The molecule has 0 amide bonds. The molecule has 1 N–H and O–H groups in total. The van der Waals surface area contributed by atoms with E-state index in [9.17, 15) is 13.2 Å². The average Bonchev–Trinajstić information content (AvgIpc) is 3.43. The summed E-state index contributed by atoms with van der Waals surface area (Å²) in [6.07, 6.45) is -0.923. The maximum Gasteiger partial charge on any atom is 0.393 e. The number of H-pyrrole nitrogens is 1. The third-order valence-electron chi connectivity index (χ3n) is 7.07. The first kappa shape index (κ1) is 22.8. The van der Waals surface area contributed by atoms with Crippen LogP contribution in [0, 0.1) is 5.41 Å². The second kappa shape index (κ2) is 8.19. The normalized spacial score (nSPS) is 17.4. The number of fused-ring (bicyclic) bond motifs is 1. The minimum Gasteiger partial charge on any atom is -0.493 e. The molecule has 0 bridgehead atoms. The summed E-state index contributed by atoms with van der Waals surface area (Å²) >= 11 is 0. The van der Waals surface area contributed by atoms with E-state index in [1.807, 2.05) is 6.07 Å². The van der Waals surface area contributed by atoms with Crippen molar-refractivity contribution in [3.63, 3.8) is 0 Å². The summed E-state index contributed by atoms with van der Waals surface area (Å²) in [5.41, 5.74) is 3.06. The lowest BCUT2D eigenvalue weighted by Gasteiger charge is -2.61. The van der Waals surface area contributed by atoms with Crippen LogP contribution in [0.5, 0.6) is 5.75 Å². The summed E-state index contributed by atoms with van der Waals surface area (Å²) in [6, 6.07) is 5.26. The molecule has 0 aromatic carbocycles. The quantitative estimate of drug-likeness (QED) is 0.436. The highest BCUT2D eigenvalue weighted by atomic mass is 19.4. The molecule has 2 aliphatic rings. The second-order valence-electron chi connectivity index (χ2n) is 9.60. The minimum absolute atomic E-state index is 0.0151. The largest absolute Gasteiger partial charge is 0.493 e. The smallest absolute Gasteiger partial charge is 0.393 e. The zero-order valence-corrected chi connectivity index (χ0v) is 19.9. The number of methoxy groups -OCH3 is 1. The van der Waals surface area contributed by atoms with E-state index in [-0.39, 0.29) is 17.0 Å². The number of aromatic amines is 1. The molecule has 9 nitrogen and oxygen atoms in total. The van der Waals surface area contributed by atoms with Crippen LogP contribution in [0.2, 0.25) is 0 Å². The Balaban J connectivity index is 1.31. The fourth-order valence-corrected chi connectivity index (χ4v) is 5.36. The van der Waals surface area contributed by atoms with E-state index < -0.39 is 12.6 Å². The Morgan fingerprint density at radius 3 is 2.61 bits per heavy atom. The predicted octanol–water partition coefficient (Wildman–Crippen LogP) is 3.44. The zero-order chi connectivity index (χ0) is 25.1. The number of likely N-dealkylation sites (tertiary alicyclic amines) is 1. The second-order valence-corrected chi connectivity index (χ2v) is 9.60. The van der Waals surface area contributed by atoms with E-state index in [0.29, 0.717) is 28.1 Å². The summed E-state index contributed by atoms with van der Waals surface area (Å²) < 4.78 is 47.7. The third kappa shape index (κ3) is 3.85. The van der Waals surface area contributed by atoms with Crippen LogP contribution in [0.1, 0.15) is 12.5 Å². The number of aromatic nitrogens is 6. The number of nitrogens with zero attached hydrogens (tertiary/aromatic N) is 7. The molecule has 4 aromatic rings. The summed E-state index contributed by atoms with van der Waals surface area (Å²) in [7, 11) is 1.47. The van der Waals surface area contributed by atoms with Crippen molar-refractivity contribution in [1.29, 1.82) is 0 Å². The number of ether oxygens (including phenoxy) is 1. The molecule has 0 saturated carbocycles. The van der Waals surface area contributed by atoms with Gasteiger partial charge in [0.2, 0.25) is 0 Å². The first-order valence-corrected chi connectivity index (χ1v) is 11.7. The number of alkyl halides is 3. The molecule has 188 valence electrons. The van der Waals surface area contributed by atoms with Crippen LogP contribution in [0.15, 0.2) is 36.9 Å². The van der Waals surface area contributed by atoms with Gasteiger partial charge in [-0.25, -0.2) is 9.50 Å². The van der Waals surface area contributed by atoms with Gasteiger partial charge >= 0.3 is 6.18 Å². The number of anilines is 1. The summed E-state index contributed by atoms with van der Waals surface area (Å²) in [4.78, 5) is 13.3. The van der Waals surface area contributed by atoms with Crippen molar-refractivity contribution in [1.82, 2.24) is 34.7 Å². The summed E-state index contributed by atoms with van der Waals surface area (Å²) in [5, 5.41) is 11.1. The van der Waals surface area contributed by atoms with Crippen molar-refractivity contribution in [3.8, 4) is 28.4 Å². The van der Waals surface area contributed by atoms with Gasteiger partial charge in [-0.1, -0.05) is 6.92 Å². The topological polar surface area (TPSA) is 87.5 Å². The Labute approximate surface area is 204 Å². The van der Waals surface area contributed by atoms with Gasteiger partial charge in [0.15, 0.2) is 11.4 Å². The molecule has 0 radical (unpaired) electrons. The monoisotopic (exact) mass is 498 g/mol. The van der Waals surface area contributed by atoms with E-state index in [1.54, 1.807) is 24.5 Å². The van der Waals surface area contributed by atoms with E-state index in [4.69, 9.17) is 4.74 Å². The van der Waals surface area contributed by atoms with Gasteiger partial charge in [0.1, 0.15) is 12.0 Å². The van der Waals surface area contributed by atoms with Gasteiger partial charge in [-0.3, -0.25) is 10.1 Å². The zero-order valence-electron chi connectivity index (χ0n) is 19.9. The molecule has 2 fully saturated rings. The molecule has 36 heavy (non-hydrogen) atoms. The fraction of sp³-hybridized carbons (Fsp3) is 0.417. The molecule has 2 aliphatic heterocycles. The number of hydrogen-bond donors (Lipinski definition) is 1. The van der Waals surface area contributed by atoms with Crippen molar-refractivity contribution in [3.05, 3.63) is 42.5 Å². The minimum atomic E-state index is -4.43. The number of halogens is 3. The Morgan fingerprint density at radius 1 is 1.14 bits per heavy atom. The highest BCUT2D eigenvalue weighted by Gasteiger charge is 2.51. The first-order chi connectivity index (χ1) is 17.3. The SMILES string of the molecule is CCN1CC2(C1)CN(c1ccc(-c3n[nH]c(-c4cc(OC)c5ncnn5c4)c3CC(F)(F)F)nc1)C2. The van der Waals surface area contributed by atoms with Gasteiger partial charge in [-0.15, -0.1) is 0 Å². The Hall–Kier alpha value is -3.67. The maximum atomic E-state index is 13.6. The van der Waals surface area contributed by atoms with Gasteiger partial charge in [-0.2, -0.15) is 23.4 Å². The van der Waals surface area contributed by atoms with Gasteiger partial charge in [0, 0.05) is 48.9 Å². The molecular weight excluding hydrogens is 473 g/mol. The standard InChI is InChI=1S/C24H25F3N8O/c1-3-33-10-23(11-33)12-34(13-23)16-4-5-18(28-8-16)21-17(7-24(25,26)27)20(31-32-21)15-6-19(36-2)22-29-14-30-35(22)9-15/h4-6,8-9,14H,3,7,10-13H2,1-2H3,(H,31,32). The Kier molecular flexibility index (Phi) is 5.18. The van der Waals surface area contributed by atoms with Crippen LogP contribution in [0.25, 0.3) is 28.3 Å². The van der Waals surface area contributed by atoms with Crippen LogP contribution in [0.4, 0.5) is 18.9 Å². The lowest BCUT2D eigenvalue weighted by Crippen LogP contribution is -2.72. The highest BCUT2D eigenvalue weighted by molar-refractivity contribution is 5.75. The molecule has 4 aromatic heterocycles. The van der Waals surface area contributed by atoms with E-state index in [1.165, 1.54) is 18.0 Å². The Bertz CT molecular complexity index is 1400. The third-order valence-corrected chi connectivity index (χ3v) is 7.07. The molecule has 0 unspecified atom stereocenters. The molecule has 2 saturated heterocycles. The first-order valence-electron chi connectivity index (χ1n) is 11.7. The lowest BCUT2D eigenvalue weighted by atomic mass is 9.72. The highest BCUT2D eigenvalue weighted by Crippen LogP contribution is 2.42. The van der Waals surface area contributed by atoms with Gasteiger partial charge in [0.25, 0.3) is 0 Å². The molecular formula is C24H25F3N8O. The van der Waals surface area contributed by atoms with Gasteiger partial charge < -0.3 is 14.5 Å². The average molecular weight is 499 g/mol. The van der Waals surface area contributed by atoms with Crippen LogP contribution < -0.4 is 9.64 Å². The fourth-order valence-electron chi connectivity index (χ4n) is 5.36. The van der Waals surface area contributed by atoms with Crippen molar-refractivity contribution in [2.45, 2.75) is 19.5 Å². The number of pyridine rings is 2. The van der Waals surface area contributed by atoms with Gasteiger partial charge in [0.05, 0.1) is 36.8 Å². The van der Waals surface area contributed by atoms with Crippen molar-refractivity contribution >= 4 is 11.3 Å². The summed E-state index contributed by atoms with van der Waals surface area (Å²) in [5.74, 6) is 0.391. The van der Waals surface area contributed by atoms with Crippen LogP contribution in [0.3, 0.4) is 0 Å². The molecule has 12 heteroatoms. The van der Waals surface area contributed by atoms with Crippen LogP contribution >= 0.6 is 0 Å². The van der Waals surface area contributed by atoms with E-state index >= 15 is 0 Å². The number of hydrogen-bond acceptors (Lipinski definition) is 7. The van der Waals surface area contributed by atoms with E-state index in [0.717, 1.165) is 38.4 Å². The Morgan fingerprint density at radius 2 is 1.94 bits per heavy atom. The molecule has 0 atom stereocenters. The molecule has 0 aliphatic carbocycles. The van der Waals surface area contributed by atoms with Crippen molar-refractivity contribution < 1.29 is 17.9 Å². The number of rotatable bonds is 6. The van der Waals surface area contributed by atoms with Crippen LogP contribution in [-0.4, -0.2) is 80.7 Å². The molecule has 6 heterocycles. The number of nitrogens with one attached hydrogen (secondary N) is 1. The van der Waals surface area contributed by atoms with Crippen molar-refractivity contribution in [2.75, 3.05) is 44.7 Å². The maximum absolute atomic E-state index is 13.6. The van der Waals surface area contributed by atoms with Gasteiger partial charge in [-0.05, 0) is 24.7 Å². The van der Waals surface area contributed by atoms with E-state index in [2.05, 4.69) is 42.0 Å². The molecule has 6 rings (SSSR count). The van der Waals surface area contributed by atoms with Crippen LogP contribution in [-0.2, 0) is 6.42 Å². The molecule has 1 spiro atoms. The summed E-state index contributed by atoms with van der Waals surface area (Å²) in [6.45, 7) is 7.43. The predicted molar refractivity (Wildman–Crippen MR) is 127 cm³/mol. The van der Waals surface area contributed by atoms with Crippen molar-refractivity contribution in [2.24, 2.45) is 5.41 Å².